The highest BCUT2D eigenvalue weighted by Gasteiger charge is 2.23. The molecule has 1 aliphatic heterocycles. The van der Waals surface area contributed by atoms with Crippen molar-refractivity contribution in [1.29, 1.82) is 0 Å². The van der Waals surface area contributed by atoms with Crippen molar-refractivity contribution in [3.63, 3.8) is 0 Å². The van der Waals surface area contributed by atoms with Gasteiger partial charge in [-0.1, -0.05) is 0 Å². The summed E-state index contributed by atoms with van der Waals surface area (Å²) in [5, 5.41) is 6.88. The van der Waals surface area contributed by atoms with E-state index in [9.17, 15) is 13.6 Å². The van der Waals surface area contributed by atoms with Crippen LogP contribution in [0.4, 0.5) is 20.4 Å². The van der Waals surface area contributed by atoms with Crippen LogP contribution >= 0.6 is 0 Å². The van der Waals surface area contributed by atoms with Gasteiger partial charge in [-0.2, -0.15) is 14.6 Å². The summed E-state index contributed by atoms with van der Waals surface area (Å²) in [6.45, 7) is 3.78. The van der Waals surface area contributed by atoms with Crippen LogP contribution in [0, 0.1) is 11.6 Å². The van der Waals surface area contributed by atoms with Crippen molar-refractivity contribution >= 4 is 34.2 Å². The van der Waals surface area contributed by atoms with Crippen LogP contribution in [0.25, 0.3) is 28.1 Å². The average Bonchev–Trinajstić information content (AvgIpc) is 3.67. The van der Waals surface area contributed by atoms with Crippen LogP contribution in [-0.4, -0.2) is 74.7 Å². The van der Waals surface area contributed by atoms with Crippen molar-refractivity contribution in [3.8, 4) is 11.5 Å². The highest BCUT2D eigenvalue weighted by atomic mass is 19.1. The Bertz CT molecular complexity index is 1640. The van der Waals surface area contributed by atoms with Crippen molar-refractivity contribution in [1.82, 2.24) is 34.4 Å². The van der Waals surface area contributed by atoms with Crippen molar-refractivity contribution in [2.75, 3.05) is 50.4 Å². The summed E-state index contributed by atoms with van der Waals surface area (Å²) < 4.78 is 37.5. The molecule has 6 rings (SSSR count). The van der Waals surface area contributed by atoms with Gasteiger partial charge in [-0.15, -0.1) is 0 Å². The molecule has 0 bridgehead atoms. The van der Waals surface area contributed by atoms with Crippen LogP contribution in [0.15, 0.2) is 47.3 Å². The van der Waals surface area contributed by atoms with Crippen molar-refractivity contribution in [2.45, 2.75) is 6.54 Å². The zero-order valence-corrected chi connectivity index (χ0v) is 20.6. The molecule has 0 aliphatic carbocycles. The van der Waals surface area contributed by atoms with Gasteiger partial charge in [0.05, 0.1) is 23.8 Å². The smallest absolute Gasteiger partial charge is 0.254 e. The third-order valence-electron chi connectivity index (χ3n) is 6.85. The normalized spacial score (nSPS) is 14.6. The molecular formula is C25H25F2N9O2. The number of imidazole rings is 1. The summed E-state index contributed by atoms with van der Waals surface area (Å²) in [6, 6.07) is 7.54. The van der Waals surface area contributed by atoms with E-state index < -0.39 is 17.5 Å². The van der Waals surface area contributed by atoms with Gasteiger partial charge >= 0.3 is 0 Å². The lowest BCUT2D eigenvalue weighted by molar-refractivity contribution is 0.0959. The van der Waals surface area contributed by atoms with Gasteiger partial charge in [0, 0.05) is 52.4 Å². The predicted molar refractivity (Wildman–Crippen MR) is 137 cm³/mol. The number of hydrogen-bond donors (Lipinski definition) is 2. The Kier molecular flexibility index (Phi) is 5.91. The number of benzene rings is 1. The van der Waals surface area contributed by atoms with E-state index in [0.717, 1.165) is 18.1 Å². The first kappa shape index (κ1) is 23.9. The Labute approximate surface area is 215 Å². The molecule has 13 heteroatoms. The summed E-state index contributed by atoms with van der Waals surface area (Å²) in [5.74, 6) is -1.27. The number of carbonyl (C=O) groups is 1. The van der Waals surface area contributed by atoms with E-state index in [-0.39, 0.29) is 17.2 Å². The molecule has 4 aromatic heterocycles. The molecule has 3 N–H and O–H groups in total. The quantitative estimate of drug-likeness (QED) is 0.349. The Hall–Kier alpha value is -4.52. The zero-order chi connectivity index (χ0) is 26.4. The van der Waals surface area contributed by atoms with E-state index in [0.29, 0.717) is 55.3 Å². The Morgan fingerprint density at radius 1 is 1.13 bits per heavy atom. The van der Waals surface area contributed by atoms with Gasteiger partial charge in [-0.3, -0.25) is 9.69 Å². The van der Waals surface area contributed by atoms with Gasteiger partial charge in [-0.05, 0) is 24.3 Å². The Morgan fingerprint density at radius 2 is 1.95 bits per heavy atom. The van der Waals surface area contributed by atoms with Crippen molar-refractivity contribution in [2.24, 2.45) is 0 Å². The highest BCUT2D eigenvalue weighted by molar-refractivity contribution is 5.95. The number of nitrogens with zero attached hydrogens (tertiary/aromatic N) is 7. The lowest BCUT2D eigenvalue weighted by atomic mass is 10.1. The largest absolute Gasteiger partial charge is 0.463 e. The molecule has 0 unspecified atom stereocenters. The molecule has 38 heavy (non-hydrogen) atoms. The molecule has 11 nitrogen and oxygen atoms in total. The molecule has 5 aromatic rings. The first-order valence-corrected chi connectivity index (χ1v) is 12.2. The minimum Gasteiger partial charge on any atom is -0.463 e. The molecule has 0 atom stereocenters. The summed E-state index contributed by atoms with van der Waals surface area (Å²) in [4.78, 5) is 25.1. The number of fused-ring (bicyclic) bond motifs is 3. The average molecular weight is 522 g/mol. The molecule has 0 spiro atoms. The van der Waals surface area contributed by atoms with Crippen LogP contribution in [0.2, 0.25) is 0 Å². The minimum atomic E-state index is -0.878. The SMILES string of the molecule is CNC(=O)c1cc(N2CCN(CCn3cnc4c3nc(N)n3nc(-c5ccco5)cc43)CC2)c(F)cc1F. The Morgan fingerprint density at radius 3 is 2.68 bits per heavy atom. The number of nitrogens with one attached hydrogen (secondary N) is 1. The molecule has 0 radical (unpaired) electrons. The number of hydrogen-bond acceptors (Lipinski definition) is 8. The van der Waals surface area contributed by atoms with Gasteiger partial charge < -0.3 is 24.9 Å². The second-order valence-corrected chi connectivity index (χ2v) is 9.08. The summed E-state index contributed by atoms with van der Waals surface area (Å²) in [5.41, 5.74) is 8.99. The van der Waals surface area contributed by atoms with Crippen molar-refractivity contribution < 1.29 is 18.0 Å². The van der Waals surface area contributed by atoms with Crippen LogP contribution in [-0.2, 0) is 6.54 Å². The van der Waals surface area contributed by atoms with E-state index in [1.807, 2.05) is 21.6 Å². The highest BCUT2D eigenvalue weighted by Crippen LogP contribution is 2.27. The maximum absolute atomic E-state index is 14.5. The molecule has 5 heterocycles. The van der Waals surface area contributed by atoms with Crippen LogP contribution in [0.3, 0.4) is 0 Å². The van der Waals surface area contributed by atoms with Gasteiger partial charge in [0.15, 0.2) is 11.4 Å². The maximum atomic E-state index is 14.5. The fraction of sp³-hybridized carbons (Fsp3) is 0.280. The summed E-state index contributed by atoms with van der Waals surface area (Å²) in [6.07, 6.45) is 3.32. The van der Waals surface area contributed by atoms with Crippen LogP contribution in [0.5, 0.6) is 0 Å². The number of halogens is 2. The van der Waals surface area contributed by atoms with Crippen molar-refractivity contribution in [3.05, 3.63) is 60.1 Å². The number of anilines is 2. The van der Waals surface area contributed by atoms with E-state index in [1.54, 1.807) is 23.2 Å². The maximum Gasteiger partial charge on any atom is 0.254 e. The van der Waals surface area contributed by atoms with E-state index in [1.165, 1.54) is 13.1 Å². The number of nitrogen functional groups attached to an aromatic ring is 1. The second-order valence-electron chi connectivity index (χ2n) is 9.08. The fourth-order valence-corrected chi connectivity index (χ4v) is 4.81. The second kappa shape index (κ2) is 9.41. The lowest BCUT2D eigenvalue weighted by Gasteiger charge is -2.36. The first-order valence-electron chi connectivity index (χ1n) is 12.2. The number of nitrogens with two attached hydrogens (primary N) is 1. The zero-order valence-electron chi connectivity index (χ0n) is 20.6. The molecule has 1 aliphatic rings. The van der Waals surface area contributed by atoms with Gasteiger partial charge in [0.25, 0.3) is 5.91 Å². The predicted octanol–water partition coefficient (Wildman–Crippen LogP) is 2.38. The number of aromatic nitrogens is 5. The molecular weight excluding hydrogens is 496 g/mol. The first-order chi connectivity index (χ1) is 18.4. The fourth-order valence-electron chi connectivity index (χ4n) is 4.81. The number of piperazine rings is 1. The number of carbonyl (C=O) groups excluding carboxylic acids is 1. The third kappa shape index (κ3) is 4.10. The van der Waals surface area contributed by atoms with E-state index in [4.69, 9.17) is 10.2 Å². The molecule has 1 fully saturated rings. The molecule has 0 saturated carbocycles. The molecule has 1 saturated heterocycles. The number of furan rings is 1. The van der Waals surface area contributed by atoms with Crippen LogP contribution < -0.4 is 16.0 Å². The molecule has 1 amide bonds. The monoisotopic (exact) mass is 521 g/mol. The Balaban J connectivity index is 1.15. The topological polar surface area (TPSA) is 123 Å². The number of rotatable bonds is 6. The number of amides is 1. The third-order valence-corrected chi connectivity index (χ3v) is 6.85. The summed E-state index contributed by atoms with van der Waals surface area (Å²) in [7, 11) is 1.41. The molecule has 1 aromatic carbocycles. The van der Waals surface area contributed by atoms with E-state index in [2.05, 4.69) is 25.3 Å². The van der Waals surface area contributed by atoms with Gasteiger partial charge in [0.2, 0.25) is 5.95 Å². The van der Waals surface area contributed by atoms with Crippen LogP contribution in [0.1, 0.15) is 10.4 Å². The van der Waals surface area contributed by atoms with Gasteiger partial charge in [-0.25, -0.2) is 13.8 Å². The summed E-state index contributed by atoms with van der Waals surface area (Å²) >= 11 is 0. The minimum absolute atomic E-state index is 0.173. The lowest BCUT2D eigenvalue weighted by Crippen LogP contribution is -2.47. The van der Waals surface area contributed by atoms with Gasteiger partial charge in [0.1, 0.15) is 28.4 Å². The van der Waals surface area contributed by atoms with E-state index >= 15 is 0 Å². The standard InChI is InChI=1S/C25H25F2N9O2/c1-29-24(37)15-11-19(17(27)12-16(15)26)34-7-4-33(5-8-34)6-9-35-14-30-22-20-13-18(21-3-2-10-38-21)32-36(20)25(28)31-23(22)35/h2-3,10-14H,4-9H2,1H3,(H2,28,31)(H,29,37). The molecule has 196 valence electrons.